The number of hydrogen-bond acceptors (Lipinski definition) is 2. The summed E-state index contributed by atoms with van der Waals surface area (Å²) in [6.07, 6.45) is 5.88. The van der Waals surface area contributed by atoms with Crippen molar-refractivity contribution in [2.45, 2.75) is 25.7 Å². The van der Waals surface area contributed by atoms with E-state index in [4.69, 9.17) is 0 Å². The molecule has 0 unspecified atom stereocenters. The summed E-state index contributed by atoms with van der Waals surface area (Å²) in [5.41, 5.74) is 0. The summed E-state index contributed by atoms with van der Waals surface area (Å²) in [5.74, 6) is 1.92. The predicted octanol–water partition coefficient (Wildman–Crippen LogP) is 0.986. The molecule has 0 bridgehead atoms. The van der Waals surface area contributed by atoms with E-state index in [-0.39, 0.29) is 0 Å². The van der Waals surface area contributed by atoms with Gasteiger partial charge in [-0.3, -0.25) is 0 Å². The molecule has 2 N–H and O–H groups in total. The van der Waals surface area contributed by atoms with Crippen LogP contribution in [0.5, 0.6) is 0 Å². The van der Waals surface area contributed by atoms with E-state index in [1.165, 1.54) is 51.9 Å². The van der Waals surface area contributed by atoms with Crippen molar-refractivity contribution in [3.8, 4) is 0 Å². The Balaban J connectivity index is 1.49. The molecule has 70 valence electrons. The molecule has 2 rings (SSSR count). The number of hydrogen-bond donors (Lipinski definition) is 2. The van der Waals surface area contributed by atoms with Crippen molar-refractivity contribution in [2.24, 2.45) is 11.8 Å². The SMILES string of the molecule is C1CCC(CNCC2CNC2)C1. The highest BCUT2D eigenvalue weighted by Crippen LogP contribution is 2.23. The lowest BCUT2D eigenvalue weighted by molar-refractivity contribution is 0.322. The molecule has 1 aliphatic carbocycles. The van der Waals surface area contributed by atoms with Crippen molar-refractivity contribution in [1.29, 1.82) is 0 Å². The van der Waals surface area contributed by atoms with E-state index in [1.54, 1.807) is 0 Å². The maximum Gasteiger partial charge on any atom is 0.000394 e. The van der Waals surface area contributed by atoms with Gasteiger partial charge < -0.3 is 10.6 Å². The third-order valence-corrected chi connectivity index (χ3v) is 3.21. The minimum Gasteiger partial charge on any atom is -0.316 e. The molecule has 1 heterocycles. The van der Waals surface area contributed by atoms with Gasteiger partial charge >= 0.3 is 0 Å². The molecular weight excluding hydrogens is 148 g/mol. The van der Waals surface area contributed by atoms with Crippen LogP contribution in [0, 0.1) is 11.8 Å². The average molecular weight is 168 g/mol. The summed E-state index contributed by atoms with van der Waals surface area (Å²) in [7, 11) is 0. The predicted molar refractivity (Wildman–Crippen MR) is 51.2 cm³/mol. The third kappa shape index (κ3) is 2.20. The summed E-state index contributed by atoms with van der Waals surface area (Å²) in [5, 5.41) is 6.89. The first-order chi connectivity index (χ1) is 5.95. The second-order valence-corrected chi connectivity index (χ2v) is 4.33. The van der Waals surface area contributed by atoms with Crippen molar-refractivity contribution >= 4 is 0 Å². The highest BCUT2D eigenvalue weighted by Gasteiger charge is 2.18. The van der Waals surface area contributed by atoms with Crippen LogP contribution in [0.25, 0.3) is 0 Å². The van der Waals surface area contributed by atoms with Crippen molar-refractivity contribution in [3.05, 3.63) is 0 Å². The van der Waals surface area contributed by atoms with Crippen LogP contribution >= 0.6 is 0 Å². The average Bonchev–Trinajstić information content (AvgIpc) is 2.46. The first-order valence-electron chi connectivity index (χ1n) is 5.36. The van der Waals surface area contributed by atoms with Crippen LogP contribution in [-0.2, 0) is 0 Å². The Labute approximate surface area is 75.1 Å². The zero-order valence-electron chi connectivity index (χ0n) is 7.81. The minimum atomic E-state index is 0.923. The van der Waals surface area contributed by atoms with Gasteiger partial charge in [0.05, 0.1) is 0 Å². The molecule has 2 aliphatic rings. The summed E-state index contributed by atoms with van der Waals surface area (Å²) in [6, 6.07) is 0. The maximum absolute atomic E-state index is 3.59. The maximum atomic E-state index is 3.59. The molecule has 1 saturated heterocycles. The Morgan fingerprint density at radius 1 is 1.00 bits per heavy atom. The molecule has 2 fully saturated rings. The van der Waals surface area contributed by atoms with Gasteiger partial charge in [-0.05, 0) is 31.2 Å². The van der Waals surface area contributed by atoms with E-state index in [9.17, 15) is 0 Å². The van der Waals surface area contributed by atoms with Gasteiger partial charge in [-0.1, -0.05) is 12.8 Å². The highest BCUT2D eigenvalue weighted by molar-refractivity contribution is 4.77. The van der Waals surface area contributed by atoms with Gasteiger partial charge in [0.1, 0.15) is 0 Å². The van der Waals surface area contributed by atoms with Crippen molar-refractivity contribution in [2.75, 3.05) is 26.2 Å². The summed E-state index contributed by atoms with van der Waals surface area (Å²) in [6.45, 7) is 4.98. The lowest BCUT2D eigenvalue weighted by atomic mass is 10.0. The zero-order chi connectivity index (χ0) is 8.23. The van der Waals surface area contributed by atoms with Gasteiger partial charge in [-0.15, -0.1) is 0 Å². The smallest absolute Gasteiger partial charge is 0.000394 e. The normalized spacial score (nSPS) is 26.0. The molecule has 0 spiro atoms. The second kappa shape index (κ2) is 4.24. The van der Waals surface area contributed by atoms with Crippen LogP contribution in [0.15, 0.2) is 0 Å². The van der Waals surface area contributed by atoms with Crippen molar-refractivity contribution < 1.29 is 0 Å². The third-order valence-electron chi connectivity index (χ3n) is 3.21. The molecule has 0 atom stereocenters. The number of rotatable bonds is 4. The Kier molecular flexibility index (Phi) is 3.01. The molecule has 2 nitrogen and oxygen atoms in total. The first-order valence-corrected chi connectivity index (χ1v) is 5.36. The molecule has 2 heteroatoms. The Hall–Kier alpha value is -0.0800. The van der Waals surface area contributed by atoms with Gasteiger partial charge in [0.2, 0.25) is 0 Å². The van der Waals surface area contributed by atoms with E-state index < -0.39 is 0 Å². The first kappa shape index (κ1) is 8.52. The second-order valence-electron chi connectivity index (χ2n) is 4.33. The molecule has 0 aromatic heterocycles. The lowest BCUT2D eigenvalue weighted by Gasteiger charge is -2.27. The summed E-state index contributed by atoms with van der Waals surface area (Å²) in [4.78, 5) is 0. The molecule has 1 aliphatic heterocycles. The quantitative estimate of drug-likeness (QED) is 0.654. The fraction of sp³-hybridized carbons (Fsp3) is 1.00. The number of nitrogens with one attached hydrogen (secondary N) is 2. The molecular formula is C10H20N2. The Bertz CT molecular complexity index is 126. The largest absolute Gasteiger partial charge is 0.316 e. The van der Waals surface area contributed by atoms with Crippen LogP contribution in [0.2, 0.25) is 0 Å². The summed E-state index contributed by atoms with van der Waals surface area (Å²) >= 11 is 0. The van der Waals surface area contributed by atoms with Gasteiger partial charge in [0.15, 0.2) is 0 Å². The monoisotopic (exact) mass is 168 g/mol. The Morgan fingerprint density at radius 2 is 1.67 bits per heavy atom. The van der Waals surface area contributed by atoms with Crippen LogP contribution < -0.4 is 10.6 Å². The minimum absolute atomic E-state index is 0.923. The van der Waals surface area contributed by atoms with E-state index in [0.29, 0.717) is 0 Å². The van der Waals surface area contributed by atoms with E-state index in [2.05, 4.69) is 10.6 Å². The fourth-order valence-corrected chi connectivity index (χ4v) is 2.20. The van der Waals surface area contributed by atoms with Crippen molar-refractivity contribution in [1.82, 2.24) is 10.6 Å². The topological polar surface area (TPSA) is 24.1 Å². The van der Waals surface area contributed by atoms with E-state index >= 15 is 0 Å². The molecule has 0 aromatic rings. The van der Waals surface area contributed by atoms with Gasteiger partial charge in [0.25, 0.3) is 0 Å². The van der Waals surface area contributed by atoms with E-state index in [1.807, 2.05) is 0 Å². The van der Waals surface area contributed by atoms with Crippen LogP contribution in [0.3, 0.4) is 0 Å². The molecule has 0 radical (unpaired) electrons. The zero-order valence-corrected chi connectivity index (χ0v) is 7.81. The van der Waals surface area contributed by atoms with Crippen LogP contribution in [-0.4, -0.2) is 26.2 Å². The molecule has 12 heavy (non-hydrogen) atoms. The molecule has 0 amide bonds. The molecule has 1 saturated carbocycles. The standard InChI is InChI=1S/C10H20N2/c1-2-4-9(3-1)5-11-6-10-7-12-8-10/h9-12H,1-8H2. The fourth-order valence-electron chi connectivity index (χ4n) is 2.20. The highest BCUT2D eigenvalue weighted by atomic mass is 15.0. The van der Waals surface area contributed by atoms with Gasteiger partial charge in [-0.25, -0.2) is 0 Å². The lowest BCUT2D eigenvalue weighted by Crippen LogP contribution is -2.47. The van der Waals surface area contributed by atoms with Crippen LogP contribution in [0.4, 0.5) is 0 Å². The van der Waals surface area contributed by atoms with E-state index in [0.717, 1.165) is 11.8 Å². The van der Waals surface area contributed by atoms with Crippen molar-refractivity contribution in [3.63, 3.8) is 0 Å². The van der Waals surface area contributed by atoms with Gasteiger partial charge in [0, 0.05) is 19.6 Å². The molecule has 0 aromatic carbocycles. The van der Waals surface area contributed by atoms with Gasteiger partial charge in [-0.2, -0.15) is 0 Å². The Morgan fingerprint density at radius 3 is 2.25 bits per heavy atom. The van der Waals surface area contributed by atoms with Crippen LogP contribution in [0.1, 0.15) is 25.7 Å². The summed E-state index contributed by atoms with van der Waals surface area (Å²) < 4.78 is 0.